The molecule has 1 saturated carbocycles. The van der Waals surface area contributed by atoms with E-state index in [-0.39, 0.29) is 0 Å². The van der Waals surface area contributed by atoms with Gasteiger partial charge in [-0.1, -0.05) is 36.4 Å². The van der Waals surface area contributed by atoms with Gasteiger partial charge < -0.3 is 0 Å². The molecule has 1 fully saturated rings. The average Bonchev–Trinajstić information content (AvgIpc) is 2.93. The topological polar surface area (TPSA) is 0 Å². The van der Waals surface area contributed by atoms with Crippen LogP contribution in [-0.2, 0) is 0 Å². The van der Waals surface area contributed by atoms with Gasteiger partial charge in [-0.2, -0.15) is 0 Å². The Kier molecular flexibility index (Phi) is 2.08. The SMILES string of the molecule is C=C=C(c1ccc(C)cc1)C1CC1. The number of benzene rings is 1. The second-order valence-electron chi connectivity index (χ2n) is 3.73. The minimum Gasteiger partial charge on any atom is -0.124 e. The van der Waals surface area contributed by atoms with Crippen molar-refractivity contribution in [3.05, 3.63) is 47.7 Å². The predicted molar refractivity (Wildman–Crippen MR) is 56.5 cm³/mol. The maximum absolute atomic E-state index is 3.76. The Bertz CT molecular complexity index is 346. The van der Waals surface area contributed by atoms with Crippen molar-refractivity contribution in [3.63, 3.8) is 0 Å². The number of hydrogen-bond acceptors (Lipinski definition) is 0. The van der Waals surface area contributed by atoms with E-state index in [2.05, 4.69) is 43.5 Å². The highest BCUT2D eigenvalue weighted by molar-refractivity contribution is 5.68. The summed E-state index contributed by atoms with van der Waals surface area (Å²) in [5.41, 5.74) is 6.97. The first-order valence-corrected chi connectivity index (χ1v) is 4.78. The number of hydrogen-bond donors (Lipinski definition) is 0. The van der Waals surface area contributed by atoms with E-state index in [0.29, 0.717) is 0 Å². The zero-order valence-electron chi connectivity index (χ0n) is 8.01. The Balaban J connectivity index is 2.33. The summed E-state index contributed by atoms with van der Waals surface area (Å²) in [6.07, 6.45) is 2.62. The molecule has 0 amide bonds. The third-order valence-corrected chi connectivity index (χ3v) is 2.54. The van der Waals surface area contributed by atoms with Gasteiger partial charge in [-0.05, 0) is 31.2 Å². The summed E-state index contributed by atoms with van der Waals surface area (Å²) < 4.78 is 0. The molecule has 1 aromatic rings. The molecular formula is C13H14. The standard InChI is InChI=1S/C13H14/c1-3-13(12-8-9-12)11-6-4-10(2)5-7-11/h4-7,12H,1,8-9H2,2H3. The first kappa shape index (κ1) is 8.34. The largest absolute Gasteiger partial charge is 0.124 e. The monoisotopic (exact) mass is 170 g/mol. The van der Waals surface area contributed by atoms with Crippen molar-refractivity contribution in [2.75, 3.05) is 0 Å². The first-order chi connectivity index (χ1) is 6.31. The van der Waals surface area contributed by atoms with Crippen LogP contribution in [0.15, 0.2) is 36.6 Å². The van der Waals surface area contributed by atoms with E-state index in [1.165, 1.54) is 29.5 Å². The molecule has 0 heterocycles. The van der Waals surface area contributed by atoms with Gasteiger partial charge >= 0.3 is 0 Å². The van der Waals surface area contributed by atoms with Gasteiger partial charge in [-0.15, -0.1) is 5.73 Å². The summed E-state index contributed by atoms with van der Waals surface area (Å²) in [6.45, 7) is 5.87. The van der Waals surface area contributed by atoms with Gasteiger partial charge in [0.2, 0.25) is 0 Å². The third-order valence-electron chi connectivity index (χ3n) is 2.54. The summed E-state index contributed by atoms with van der Waals surface area (Å²) in [4.78, 5) is 0. The van der Waals surface area contributed by atoms with E-state index in [9.17, 15) is 0 Å². The molecule has 0 bridgehead atoms. The Morgan fingerprint density at radius 3 is 2.38 bits per heavy atom. The quantitative estimate of drug-likeness (QED) is 0.595. The number of allylic oxidation sites excluding steroid dienone is 1. The van der Waals surface area contributed by atoms with Gasteiger partial charge in [-0.25, -0.2) is 0 Å². The smallest absolute Gasteiger partial charge is 0.00368 e. The summed E-state index contributed by atoms with van der Waals surface area (Å²) in [6, 6.07) is 8.63. The zero-order valence-corrected chi connectivity index (χ0v) is 8.01. The third kappa shape index (κ3) is 1.74. The summed E-state index contributed by atoms with van der Waals surface area (Å²) in [5.74, 6) is 0.736. The highest BCUT2D eigenvalue weighted by atomic mass is 14.3. The molecule has 2 rings (SSSR count). The minimum absolute atomic E-state index is 0.736. The lowest BCUT2D eigenvalue weighted by Crippen LogP contribution is -1.84. The molecular weight excluding hydrogens is 156 g/mol. The van der Waals surface area contributed by atoms with Crippen molar-refractivity contribution in [1.29, 1.82) is 0 Å². The van der Waals surface area contributed by atoms with Crippen LogP contribution < -0.4 is 0 Å². The zero-order chi connectivity index (χ0) is 9.26. The number of rotatable bonds is 2. The van der Waals surface area contributed by atoms with Gasteiger partial charge in [0.25, 0.3) is 0 Å². The van der Waals surface area contributed by atoms with Crippen LogP contribution in [0.2, 0.25) is 0 Å². The molecule has 1 aliphatic rings. The van der Waals surface area contributed by atoms with E-state index in [4.69, 9.17) is 0 Å². The summed E-state index contributed by atoms with van der Waals surface area (Å²) in [5, 5.41) is 0. The molecule has 66 valence electrons. The molecule has 0 atom stereocenters. The lowest BCUT2D eigenvalue weighted by Gasteiger charge is -2.02. The van der Waals surface area contributed by atoms with Gasteiger partial charge in [0.15, 0.2) is 0 Å². The maximum atomic E-state index is 3.76. The van der Waals surface area contributed by atoms with Crippen LogP contribution in [-0.4, -0.2) is 0 Å². The van der Waals surface area contributed by atoms with Crippen LogP contribution in [0.3, 0.4) is 0 Å². The van der Waals surface area contributed by atoms with Crippen LogP contribution in [0.25, 0.3) is 5.57 Å². The Hall–Kier alpha value is -1.26. The lowest BCUT2D eigenvalue weighted by molar-refractivity contribution is 1.15. The van der Waals surface area contributed by atoms with Crippen LogP contribution in [0.4, 0.5) is 0 Å². The van der Waals surface area contributed by atoms with Crippen molar-refractivity contribution in [2.24, 2.45) is 5.92 Å². The molecule has 0 radical (unpaired) electrons. The second-order valence-corrected chi connectivity index (χ2v) is 3.73. The highest BCUT2D eigenvalue weighted by Gasteiger charge is 2.26. The Morgan fingerprint density at radius 2 is 1.92 bits per heavy atom. The summed E-state index contributed by atoms with van der Waals surface area (Å²) >= 11 is 0. The molecule has 0 aromatic heterocycles. The predicted octanol–water partition coefficient (Wildman–Crippen LogP) is 3.57. The molecule has 1 aromatic carbocycles. The van der Waals surface area contributed by atoms with E-state index >= 15 is 0 Å². The molecule has 1 aliphatic carbocycles. The fourth-order valence-corrected chi connectivity index (χ4v) is 1.59. The van der Waals surface area contributed by atoms with Crippen molar-refractivity contribution >= 4 is 5.57 Å². The molecule has 0 aliphatic heterocycles. The first-order valence-electron chi connectivity index (χ1n) is 4.78. The van der Waals surface area contributed by atoms with Gasteiger partial charge in [0.1, 0.15) is 0 Å². The molecule has 0 N–H and O–H groups in total. The average molecular weight is 170 g/mol. The van der Waals surface area contributed by atoms with Gasteiger partial charge in [-0.3, -0.25) is 0 Å². The number of aryl methyl sites for hydroxylation is 1. The van der Waals surface area contributed by atoms with Gasteiger partial charge in [0, 0.05) is 5.57 Å². The molecule has 0 nitrogen and oxygen atoms in total. The van der Waals surface area contributed by atoms with E-state index in [0.717, 1.165) is 5.92 Å². The molecule has 0 heteroatoms. The van der Waals surface area contributed by atoms with Gasteiger partial charge in [0.05, 0.1) is 0 Å². The lowest BCUT2D eigenvalue weighted by atomic mass is 10.0. The Labute approximate surface area is 79.6 Å². The second kappa shape index (κ2) is 3.24. The van der Waals surface area contributed by atoms with Crippen LogP contribution in [0.5, 0.6) is 0 Å². The van der Waals surface area contributed by atoms with Crippen LogP contribution in [0, 0.1) is 12.8 Å². The van der Waals surface area contributed by atoms with Crippen LogP contribution >= 0.6 is 0 Å². The highest BCUT2D eigenvalue weighted by Crippen LogP contribution is 2.41. The van der Waals surface area contributed by atoms with E-state index < -0.39 is 0 Å². The molecule has 13 heavy (non-hydrogen) atoms. The fourth-order valence-electron chi connectivity index (χ4n) is 1.59. The Morgan fingerprint density at radius 1 is 1.31 bits per heavy atom. The minimum atomic E-state index is 0.736. The maximum Gasteiger partial charge on any atom is 0.00368 e. The fraction of sp³-hybridized carbons (Fsp3) is 0.308. The molecule has 0 unspecified atom stereocenters. The normalized spacial score (nSPS) is 15.2. The van der Waals surface area contributed by atoms with Crippen molar-refractivity contribution < 1.29 is 0 Å². The van der Waals surface area contributed by atoms with E-state index in [1.807, 2.05) is 0 Å². The van der Waals surface area contributed by atoms with Crippen molar-refractivity contribution in [2.45, 2.75) is 19.8 Å². The van der Waals surface area contributed by atoms with Crippen molar-refractivity contribution in [1.82, 2.24) is 0 Å². The van der Waals surface area contributed by atoms with Crippen LogP contribution in [0.1, 0.15) is 24.0 Å². The molecule has 0 saturated heterocycles. The van der Waals surface area contributed by atoms with Crippen molar-refractivity contribution in [3.8, 4) is 0 Å². The summed E-state index contributed by atoms with van der Waals surface area (Å²) in [7, 11) is 0. The van der Waals surface area contributed by atoms with E-state index in [1.54, 1.807) is 0 Å². The molecule has 0 spiro atoms.